The Morgan fingerprint density at radius 1 is 0.906 bits per heavy atom. The van der Waals surface area contributed by atoms with Crippen molar-refractivity contribution in [1.82, 2.24) is 29.7 Å². The number of rotatable bonds is 4. The second kappa shape index (κ2) is 7.92. The van der Waals surface area contributed by atoms with Crippen LogP contribution in [0.4, 0.5) is 10.2 Å². The molecule has 1 saturated heterocycles. The van der Waals surface area contributed by atoms with Crippen molar-refractivity contribution in [1.29, 1.82) is 0 Å². The third-order valence-corrected chi connectivity index (χ3v) is 5.82. The van der Waals surface area contributed by atoms with Crippen LogP contribution in [0.15, 0.2) is 54.9 Å². The molecule has 8 nitrogen and oxygen atoms in total. The third-order valence-electron chi connectivity index (χ3n) is 5.82. The molecular formula is C23H24FN7O. The van der Waals surface area contributed by atoms with Gasteiger partial charge in [-0.2, -0.15) is 10.2 Å². The van der Waals surface area contributed by atoms with Gasteiger partial charge in [0.05, 0.1) is 18.1 Å². The second-order valence-corrected chi connectivity index (χ2v) is 8.38. The number of aromatic nitrogens is 5. The highest BCUT2D eigenvalue weighted by Gasteiger charge is 2.28. The molecule has 1 aliphatic rings. The van der Waals surface area contributed by atoms with Gasteiger partial charge in [-0.3, -0.25) is 4.90 Å². The van der Waals surface area contributed by atoms with E-state index in [1.807, 2.05) is 36.6 Å². The molecular weight excluding hydrogens is 409 g/mol. The number of fused-ring (bicyclic) bond motifs is 1. The van der Waals surface area contributed by atoms with Gasteiger partial charge in [-0.1, -0.05) is 0 Å². The lowest BCUT2D eigenvalue weighted by molar-refractivity contribution is -0.0802. The summed E-state index contributed by atoms with van der Waals surface area (Å²) in [6.45, 7) is 6.63. The van der Waals surface area contributed by atoms with Gasteiger partial charge in [0.15, 0.2) is 5.65 Å². The van der Waals surface area contributed by atoms with Crippen molar-refractivity contribution >= 4 is 11.5 Å². The number of aliphatic hydroxyl groups is 1. The zero-order valence-corrected chi connectivity index (χ0v) is 18.0. The minimum Gasteiger partial charge on any atom is -0.376 e. The second-order valence-electron chi connectivity index (χ2n) is 8.38. The number of imidazole rings is 1. The average molecular weight is 433 g/mol. The Bertz CT molecular complexity index is 1230. The first-order chi connectivity index (χ1) is 15.4. The van der Waals surface area contributed by atoms with Crippen LogP contribution in [0.1, 0.15) is 13.8 Å². The van der Waals surface area contributed by atoms with E-state index >= 15 is 0 Å². The van der Waals surface area contributed by atoms with Crippen molar-refractivity contribution in [2.45, 2.75) is 19.6 Å². The average Bonchev–Trinajstić information content (AvgIpc) is 3.18. The van der Waals surface area contributed by atoms with Crippen LogP contribution >= 0.6 is 0 Å². The van der Waals surface area contributed by atoms with Crippen LogP contribution in [-0.2, 0) is 0 Å². The normalized spacial score (nSPS) is 15.4. The highest BCUT2D eigenvalue weighted by atomic mass is 19.1. The molecule has 0 radical (unpaired) electrons. The van der Waals surface area contributed by atoms with Crippen LogP contribution in [0.5, 0.6) is 0 Å². The predicted octanol–water partition coefficient (Wildman–Crippen LogP) is 2.84. The Morgan fingerprint density at radius 2 is 1.66 bits per heavy atom. The Balaban J connectivity index is 1.58. The van der Waals surface area contributed by atoms with E-state index in [1.54, 1.807) is 24.5 Å². The monoisotopic (exact) mass is 433 g/mol. The van der Waals surface area contributed by atoms with E-state index in [9.17, 15) is 9.50 Å². The summed E-state index contributed by atoms with van der Waals surface area (Å²) in [7, 11) is 0. The quantitative estimate of drug-likeness (QED) is 0.530. The summed E-state index contributed by atoms with van der Waals surface area (Å²) in [4.78, 5) is 9.05. The summed E-state index contributed by atoms with van der Waals surface area (Å²) < 4.78 is 15.3. The molecule has 0 aliphatic carbocycles. The van der Waals surface area contributed by atoms with Crippen LogP contribution < -0.4 is 4.90 Å². The Labute approximate surface area is 185 Å². The van der Waals surface area contributed by atoms with Gasteiger partial charge in [0.25, 0.3) is 0 Å². The van der Waals surface area contributed by atoms with Gasteiger partial charge in [0, 0.05) is 37.3 Å². The molecule has 1 aromatic carbocycles. The minimum atomic E-state index is -0.834. The first-order valence-corrected chi connectivity index (χ1v) is 10.6. The third kappa shape index (κ3) is 3.80. The molecule has 0 atom stereocenters. The molecule has 0 saturated carbocycles. The molecule has 1 fully saturated rings. The predicted molar refractivity (Wildman–Crippen MR) is 119 cm³/mol. The van der Waals surface area contributed by atoms with Crippen molar-refractivity contribution in [3.63, 3.8) is 0 Å². The maximum absolute atomic E-state index is 13.5. The maximum atomic E-state index is 13.5. The first-order valence-electron chi connectivity index (χ1n) is 10.6. The van der Waals surface area contributed by atoms with E-state index in [2.05, 4.69) is 20.0 Å². The zero-order chi connectivity index (χ0) is 22.3. The number of anilines is 1. The van der Waals surface area contributed by atoms with E-state index in [-0.39, 0.29) is 5.82 Å². The van der Waals surface area contributed by atoms with Gasteiger partial charge in [0.1, 0.15) is 23.1 Å². The van der Waals surface area contributed by atoms with E-state index in [4.69, 9.17) is 10.1 Å². The highest BCUT2D eigenvalue weighted by molar-refractivity contribution is 5.81. The number of hydrogen-bond donors (Lipinski definition) is 1. The van der Waals surface area contributed by atoms with Gasteiger partial charge in [-0.15, -0.1) is 5.10 Å². The van der Waals surface area contributed by atoms with Gasteiger partial charge < -0.3 is 10.0 Å². The van der Waals surface area contributed by atoms with Gasteiger partial charge in [-0.05, 0) is 56.3 Å². The van der Waals surface area contributed by atoms with Crippen molar-refractivity contribution < 1.29 is 9.50 Å². The van der Waals surface area contributed by atoms with E-state index < -0.39 is 5.72 Å². The minimum absolute atomic E-state index is 0.296. The Hall–Kier alpha value is -3.43. The maximum Gasteiger partial charge on any atom is 0.155 e. The molecule has 4 heterocycles. The van der Waals surface area contributed by atoms with Crippen LogP contribution in [0.2, 0.25) is 0 Å². The zero-order valence-electron chi connectivity index (χ0n) is 18.0. The number of halogens is 1. The molecule has 164 valence electrons. The van der Waals surface area contributed by atoms with E-state index in [0.29, 0.717) is 11.3 Å². The molecule has 32 heavy (non-hydrogen) atoms. The standard InChI is InChI=1S/C23H24FN7O/c1-23(2,32)30-13-11-29(12-14-30)20-8-7-19-27-21(16-3-5-18(24)6-4-16)22(31(19)28-20)17-9-10-25-26-15-17/h3-10,15,32H,11-14H2,1-2H3. The number of benzene rings is 1. The molecule has 1 aliphatic heterocycles. The Morgan fingerprint density at radius 3 is 2.31 bits per heavy atom. The van der Waals surface area contributed by atoms with Crippen LogP contribution in [0.3, 0.4) is 0 Å². The molecule has 0 amide bonds. The summed E-state index contributed by atoms with van der Waals surface area (Å²) in [5, 5.41) is 23.1. The summed E-state index contributed by atoms with van der Waals surface area (Å²) in [5.41, 5.74) is 2.95. The number of nitrogens with zero attached hydrogens (tertiary/aromatic N) is 7. The van der Waals surface area contributed by atoms with Crippen molar-refractivity contribution in [3.05, 3.63) is 60.7 Å². The Kier molecular flexibility index (Phi) is 5.07. The summed E-state index contributed by atoms with van der Waals surface area (Å²) in [6, 6.07) is 12.0. The molecule has 4 aromatic rings. The first kappa shape index (κ1) is 20.5. The van der Waals surface area contributed by atoms with Crippen LogP contribution in [0, 0.1) is 5.82 Å². The fourth-order valence-corrected chi connectivity index (χ4v) is 4.07. The summed E-state index contributed by atoms with van der Waals surface area (Å²) in [6.07, 6.45) is 3.30. The van der Waals surface area contributed by atoms with E-state index in [0.717, 1.165) is 48.8 Å². The molecule has 5 rings (SSSR count). The lowest BCUT2D eigenvalue weighted by atomic mass is 10.1. The summed E-state index contributed by atoms with van der Waals surface area (Å²) >= 11 is 0. The molecule has 0 spiro atoms. The number of piperazine rings is 1. The number of hydrogen-bond acceptors (Lipinski definition) is 7. The lowest BCUT2D eigenvalue weighted by Crippen LogP contribution is -2.54. The van der Waals surface area contributed by atoms with Crippen LogP contribution in [0.25, 0.3) is 28.2 Å². The SMILES string of the molecule is CC(C)(O)N1CCN(c2ccc3nc(-c4ccc(F)cc4)c(-c4ccnnc4)n3n2)CC1. The van der Waals surface area contributed by atoms with Crippen molar-refractivity contribution in [2.75, 3.05) is 31.1 Å². The van der Waals surface area contributed by atoms with Crippen LogP contribution in [-0.4, -0.2) is 66.7 Å². The van der Waals surface area contributed by atoms with E-state index in [1.165, 1.54) is 12.1 Å². The smallest absolute Gasteiger partial charge is 0.155 e. The highest BCUT2D eigenvalue weighted by Crippen LogP contribution is 2.32. The fourth-order valence-electron chi connectivity index (χ4n) is 4.07. The van der Waals surface area contributed by atoms with Crippen molar-refractivity contribution in [2.24, 2.45) is 0 Å². The van der Waals surface area contributed by atoms with Gasteiger partial charge >= 0.3 is 0 Å². The molecule has 0 unspecified atom stereocenters. The fraction of sp³-hybridized carbons (Fsp3) is 0.304. The summed E-state index contributed by atoms with van der Waals surface area (Å²) in [5.74, 6) is 0.537. The molecule has 3 aromatic heterocycles. The van der Waals surface area contributed by atoms with Gasteiger partial charge in [0.2, 0.25) is 0 Å². The van der Waals surface area contributed by atoms with Crippen molar-refractivity contribution in [3.8, 4) is 22.5 Å². The largest absolute Gasteiger partial charge is 0.376 e. The molecule has 1 N–H and O–H groups in total. The molecule has 9 heteroatoms. The topological polar surface area (TPSA) is 82.7 Å². The van der Waals surface area contributed by atoms with Gasteiger partial charge in [-0.25, -0.2) is 13.9 Å². The lowest BCUT2D eigenvalue weighted by Gasteiger charge is -2.41. The molecule has 0 bridgehead atoms.